The van der Waals surface area contributed by atoms with Crippen molar-refractivity contribution in [1.82, 2.24) is 15.1 Å². The van der Waals surface area contributed by atoms with Gasteiger partial charge in [-0.1, -0.05) is 18.2 Å². The van der Waals surface area contributed by atoms with Crippen LogP contribution in [0.4, 0.5) is 4.39 Å². The van der Waals surface area contributed by atoms with Gasteiger partial charge >= 0.3 is 0 Å². The summed E-state index contributed by atoms with van der Waals surface area (Å²) < 4.78 is 14.9. The van der Waals surface area contributed by atoms with Gasteiger partial charge in [0.25, 0.3) is 5.91 Å². The number of nitrogens with one attached hydrogen (secondary N) is 3. The van der Waals surface area contributed by atoms with Crippen LogP contribution < -0.4 is 5.32 Å². The van der Waals surface area contributed by atoms with Crippen LogP contribution in [0.25, 0.3) is 0 Å². The Morgan fingerprint density at radius 1 is 1.24 bits per heavy atom. The minimum absolute atomic E-state index is 0.0649. The van der Waals surface area contributed by atoms with Gasteiger partial charge in [0.1, 0.15) is 17.5 Å². The van der Waals surface area contributed by atoms with Gasteiger partial charge in [-0.05, 0) is 75.4 Å². The average Bonchev–Trinajstić information content (AvgIpc) is 3.02. The van der Waals surface area contributed by atoms with E-state index in [2.05, 4.69) is 24.1 Å². The van der Waals surface area contributed by atoms with Crippen molar-refractivity contribution in [3.05, 3.63) is 70.1 Å². The maximum atomic E-state index is 14.9. The van der Waals surface area contributed by atoms with Crippen LogP contribution in [0.3, 0.4) is 0 Å². The molecule has 0 bridgehead atoms. The quantitative estimate of drug-likeness (QED) is 0.452. The first-order valence-corrected chi connectivity index (χ1v) is 12.0. The number of carbonyl (C=O) groups is 1. The summed E-state index contributed by atoms with van der Waals surface area (Å²) in [5.41, 5.74) is 3.59. The van der Waals surface area contributed by atoms with E-state index in [0.29, 0.717) is 29.7 Å². The van der Waals surface area contributed by atoms with Gasteiger partial charge < -0.3 is 10.2 Å². The van der Waals surface area contributed by atoms with Crippen molar-refractivity contribution in [3.63, 3.8) is 0 Å². The Bertz CT molecular complexity index is 1120. The lowest BCUT2D eigenvalue weighted by Gasteiger charge is -2.32. The fourth-order valence-electron chi connectivity index (χ4n) is 4.91. The van der Waals surface area contributed by atoms with E-state index in [4.69, 9.17) is 10.8 Å². The number of allylic oxidation sites excluding steroid dienone is 2. The van der Waals surface area contributed by atoms with Crippen LogP contribution in [-0.4, -0.2) is 52.0 Å². The van der Waals surface area contributed by atoms with E-state index in [0.717, 1.165) is 42.6 Å². The highest BCUT2D eigenvalue weighted by molar-refractivity contribution is 6.09. The molecule has 1 amide bonds. The lowest BCUT2D eigenvalue weighted by atomic mass is 9.95. The monoisotopic (exact) mass is 463 g/mol. The Morgan fingerprint density at radius 2 is 2.00 bits per heavy atom. The van der Waals surface area contributed by atoms with E-state index in [1.54, 1.807) is 11.0 Å². The summed E-state index contributed by atoms with van der Waals surface area (Å²) in [4.78, 5) is 17.2. The third kappa shape index (κ3) is 4.75. The first kappa shape index (κ1) is 24.1. The second-order valence-electron chi connectivity index (χ2n) is 9.81. The summed E-state index contributed by atoms with van der Waals surface area (Å²) in [7, 11) is 0. The number of amides is 1. The van der Waals surface area contributed by atoms with Gasteiger partial charge in [-0.15, -0.1) is 0 Å². The molecule has 1 aromatic rings. The van der Waals surface area contributed by atoms with Crippen molar-refractivity contribution in [2.75, 3.05) is 6.54 Å². The molecule has 0 aromatic heterocycles. The average molecular weight is 464 g/mol. The summed E-state index contributed by atoms with van der Waals surface area (Å²) in [5.74, 6) is -0.184. The molecule has 1 unspecified atom stereocenters. The molecule has 0 spiro atoms. The van der Waals surface area contributed by atoms with Gasteiger partial charge in [0.05, 0.1) is 11.6 Å². The maximum Gasteiger partial charge on any atom is 0.254 e. The number of nitrogens with zero attached hydrogens (tertiary/aromatic N) is 2. The molecule has 3 aliphatic rings. The topological polar surface area (TPSA) is 83.3 Å². The van der Waals surface area contributed by atoms with Gasteiger partial charge in [-0.25, -0.2) is 4.39 Å². The van der Waals surface area contributed by atoms with Gasteiger partial charge in [-0.2, -0.15) is 0 Å². The fourth-order valence-corrected chi connectivity index (χ4v) is 4.91. The largest absolute Gasteiger partial charge is 0.342 e. The molecule has 1 saturated heterocycles. The third-order valence-corrected chi connectivity index (χ3v) is 7.09. The van der Waals surface area contributed by atoms with Gasteiger partial charge in [0.2, 0.25) is 0 Å². The number of likely N-dealkylation sites (tertiary alicyclic amines) is 1. The van der Waals surface area contributed by atoms with Crippen molar-refractivity contribution in [1.29, 1.82) is 10.8 Å². The van der Waals surface area contributed by atoms with Crippen LogP contribution in [0.15, 0.2) is 47.6 Å². The van der Waals surface area contributed by atoms with E-state index >= 15 is 0 Å². The molecule has 2 atom stereocenters. The van der Waals surface area contributed by atoms with Crippen LogP contribution in [0.2, 0.25) is 0 Å². The summed E-state index contributed by atoms with van der Waals surface area (Å²) >= 11 is 0. The molecule has 1 aliphatic carbocycles. The molecule has 1 aromatic carbocycles. The second-order valence-corrected chi connectivity index (χ2v) is 9.81. The smallest absolute Gasteiger partial charge is 0.254 e. The number of halogens is 1. The Kier molecular flexibility index (Phi) is 6.84. The number of hydrogen-bond donors (Lipinski definition) is 3. The van der Waals surface area contributed by atoms with Crippen molar-refractivity contribution in [2.45, 2.75) is 71.6 Å². The third-order valence-electron chi connectivity index (χ3n) is 7.09. The highest BCUT2D eigenvalue weighted by atomic mass is 19.1. The van der Waals surface area contributed by atoms with Crippen molar-refractivity contribution >= 4 is 17.6 Å². The molecule has 2 aliphatic heterocycles. The van der Waals surface area contributed by atoms with Gasteiger partial charge in [-0.3, -0.25) is 20.5 Å². The number of amidine groups is 2. The van der Waals surface area contributed by atoms with E-state index in [9.17, 15) is 9.18 Å². The molecular weight excluding hydrogens is 429 g/mol. The Morgan fingerprint density at radius 3 is 2.68 bits per heavy atom. The van der Waals surface area contributed by atoms with E-state index in [1.165, 1.54) is 6.07 Å². The fraction of sp³-hybridized carbons (Fsp3) is 0.444. The first-order valence-electron chi connectivity index (χ1n) is 12.0. The van der Waals surface area contributed by atoms with Crippen LogP contribution in [-0.2, 0) is 13.0 Å². The standard InChI is InChI=1S/C27H34FN5O/c1-16(2)32-11-10-19-14-23(28)22(13-21(19)15-32)27(34)31-24-7-5-6-20(12-17(24)3)26(30)33-18(4)8-9-25(33)29/h5-7,12-14,16,18,24,29-30H,8-11,15H2,1-4H3,(H,31,34)/t18-,24?/m1/s1. The summed E-state index contributed by atoms with van der Waals surface area (Å²) in [5, 5.41) is 19.7. The zero-order valence-corrected chi connectivity index (χ0v) is 20.4. The van der Waals surface area contributed by atoms with E-state index in [1.807, 2.05) is 38.2 Å². The molecule has 6 nitrogen and oxygen atoms in total. The molecule has 180 valence electrons. The lowest BCUT2D eigenvalue weighted by molar-refractivity contribution is 0.0944. The Balaban J connectivity index is 1.50. The molecule has 34 heavy (non-hydrogen) atoms. The number of hydrogen-bond acceptors (Lipinski definition) is 4. The molecule has 0 radical (unpaired) electrons. The number of fused-ring (bicyclic) bond motifs is 1. The highest BCUT2D eigenvalue weighted by Gasteiger charge is 2.30. The van der Waals surface area contributed by atoms with Crippen molar-refractivity contribution in [2.24, 2.45) is 0 Å². The predicted molar refractivity (Wildman–Crippen MR) is 134 cm³/mol. The van der Waals surface area contributed by atoms with Crippen molar-refractivity contribution in [3.8, 4) is 0 Å². The van der Waals surface area contributed by atoms with Crippen LogP contribution in [0, 0.1) is 16.6 Å². The van der Waals surface area contributed by atoms with E-state index in [-0.39, 0.29) is 11.6 Å². The second kappa shape index (κ2) is 9.66. The van der Waals surface area contributed by atoms with Crippen LogP contribution in [0.5, 0.6) is 0 Å². The molecule has 3 N–H and O–H groups in total. The minimum Gasteiger partial charge on any atom is -0.342 e. The van der Waals surface area contributed by atoms with Crippen molar-refractivity contribution < 1.29 is 9.18 Å². The molecule has 1 fully saturated rings. The normalized spacial score (nSPS) is 22.9. The zero-order valence-electron chi connectivity index (χ0n) is 20.4. The minimum atomic E-state index is -0.490. The van der Waals surface area contributed by atoms with Crippen LogP contribution in [0.1, 0.15) is 62.0 Å². The maximum absolute atomic E-state index is 14.9. The van der Waals surface area contributed by atoms with E-state index < -0.39 is 17.8 Å². The lowest BCUT2D eigenvalue weighted by Crippen LogP contribution is -2.38. The molecule has 4 rings (SSSR count). The molecular formula is C27H34FN5O. The molecule has 0 saturated carbocycles. The highest BCUT2D eigenvalue weighted by Crippen LogP contribution is 2.26. The van der Waals surface area contributed by atoms with Gasteiger partial charge in [0.15, 0.2) is 0 Å². The molecule has 7 heteroatoms. The number of carbonyl (C=O) groups excluding carboxylic acids is 1. The summed E-state index contributed by atoms with van der Waals surface area (Å²) in [6, 6.07) is 3.32. The Hall–Kier alpha value is -3.06. The first-order chi connectivity index (χ1) is 16.2. The predicted octanol–water partition coefficient (Wildman–Crippen LogP) is 4.57. The summed E-state index contributed by atoms with van der Waals surface area (Å²) in [6.45, 7) is 9.82. The van der Waals surface area contributed by atoms with Gasteiger partial charge in [0, 0.05) is 37.2 Å². The zero-order chi connectivity index (χ0) is 24.6. The summed E-state index contributed by atoms with van der Waals surface area (Å²) in [6.07, 6.45) is 9.69. The van der Waals surface area contributed by atoms with Crippen LogP contribution >= 0.6 is 0 Å². The number of benzene rings is 1. The molecule has 2 heterocycles. The number of rotatable bonds is 4. The SMILES string of the molecule is CC1=CC(C(=N)N2C(=N)CC[C@H]2C)=CC=CC1NC(=O)c1cc2c(cc1F)CCN(C(C)C)C2. The Labute approximate surface area is 201 Å².